The van der Waals surface area contributed by atoms with Crippen LogP contribution in [0.15, 0.2) is 48.6 Å². The number of hydrogen-bond donors (Lipinski definition) is 1. The van der Waals surface area contributed by atoms with E-state index in [0.717, 1.165) is 77.0 Å². The first-order chi connectivity index (χ1) is 31.9. The number of unbranched alkanes of at least 4 members (excludes halogenated alkanes) is 29. The quantitative estimate of drug-likeness (QED) is 0.0161. The molecule has 1 N–H and O–H groups in total. The predicted octanol–water partition coefficient (Wildman–Crippen LogP) is 15.5. The van der Waals surface area contributed by atoms with Crippen LogP contribution in [0.1, 0.15) is 245 Å². The molecule has 0 heterocycles. The van der Waals surface area contributed by atoms with Crippen LogP contribution in [0.2, 0.25) is 0 Å². The van der Waals surface area contributed by atoms with E-state index in [1.165, 1.54) is 135 Å². The average Bonchev–Trinajstić information content (AvgIpc) is 3.27. The van der Waals surface area contributed by atoms with Gasteiger partial charge in [-0.05, 0) is 51.0 Å². The Kier molecular flexibility index (Phi) is 45.3. The van der Waals surface area contributed by atoms with Crippen molar-refractivity contribution in [3.63, 3.8) is 0 Å². The van der Waals surface area contributed by atoms with Gasteiger partial charge in [-0.1, -0.05) is 230 Å². The van der Waals surface area contributed by atoms with E-state index >= 15 is 0 Å². The molecule has 0 saturated carbocycles. The summed E-state index contributed by atoms with van der Waals surface area (Å²) in [5, 5.41) is 3.01. The first kappa shape index (κ1) is 64.0. The molecule has 0 radical (unpaired) electrons. The summed E-state index contributed by atoms with van der Waals surface area (Å²) in [6.45, 7) is 6.70. The van der Waals surface area contributed by atoms with E-state index in [1.54, 1.807) is 0 Å². The van der Waals surface area contributed by atoms with Gasteiger partial charge in [0.1, 0.15) is 19.3 Å². The fourth-order valence-electron chi connectivity index (χ4n) is 7.82. The van der Waals surface area contributed by atoms with Crippen LogP contribution in [-0.2, 0) is 27.9 Å². The van der Waals surface area contributed by atoms with Crippen LogP contribution in [-0.4, -0.2) is 69.4 Å². The Bertz CT molecular complexity index is 1280. The van der Waals surface area contributed by atoms with Gasteiger partial charge < -0.3 is 28.5 Å². The molecule has 0 aromatic rings. The predicted molar refractivity (Wildman–Crippen MR) is 279 cm³/mol. The minimum atomic E-state index is -4.69. The summed E-state index contributed by atoms with van der Waals surface area (Å²) < 4.78 is 30.2. The van der Waals surface area contributed by atoms with Crippen LogP contribution in [0.4, 0.5) is 0 Å². The van der Waals surface area contributed by atoms with Gasteiger partial charge >= 0.3 is 5.97 Å². The number of carbonyl (C=O) groups is 2. The zero-order valence-corrected chi connectivity index (χ0v) is 44.8. The molecule has 3 atom stereocenters. The van der Waals surface area contributed by atoms with Gasteiger partial charge in [0.05, 0.1) is 33.8 Å². The highest BCUT2D eigenvalue weighted by Crippen LogP contribution is 2.38. The molecule has 0 aliphatic carbocycles. The first-order valence-electron chi connectivity index (χ1n) is 27.5. The number of quaternary nitrogens is 1. The number of phosphoric ester groups is 1. The maximum absolute atomic E-state index is 13.4. The lowest BCUT2D eigenvalue weighted by molar-refractivity contribution is -0.870. The molecule has 0 aliphatic rings. The maximum Gasteiger partial charge on any atom is 0.306 e. The molecular formula is C56H105N2O7P. The minimum absolute atomic E-state index is 0.0244. The third kappa shape index (κ3) is 47.1. The molecule has 9 nitrogen and oxygen atoms in total. The number of nitrogens with one attached hydrogen (secondary N) is 1. The number of allylic oxidation sites excluding steroid dienone is 7. The maximum atomic E-state index is 13.4. The Morgan fingerprint density at radius 3 is 1.44 bits per heavy atom. The van der Waals surface area contributed by atoms with Crippen molar-refractivity contribution >= 4 is 19.7 Å². The third-order valence-electron chi connectivity index (χ3n) is 12.1. The Hall–Kier alpha value is -2.03. The van der Waals surface area contributed by atoms with E-state index in [2.05, 4.69) is 62.5 Å². The van der Waals surface area contributed by atoms with Crippen LogP contribution in [0.5, 0.6) is 0 Å². The molecule has 0 fully saturated rings. The molecule has 0 aromatic carbocycles. The van der Waals surface area contributed by atoms with Crippen LogP contribution >= 0.6 is 7.82 Å². The molecule has 10 heteroatoms. The highest BCUT2D eigenvalue weighted by molar-refractivity contribution is 7.45. The van der Waals surface area contributed by atoms with E-state index in [1.807, 2.05) is 33.3 Å². The molecule has 3 unspecified atom stereocenters. The zero-order chi connectivity index (χ0) is 48.7. The number of phosphoric acid groups is 1. The summed E-state index contributed by atoms with van der Waals surface area (Å²) in [5.41, 5.74) is 0. The van der Waals surface area contributed by atoms with Gasteiger partial charge in [-0.25, -0.2) is 0 Å². The molecule has 1 amide bonds. The van der Waals surface area contributed by atoms with Gasteiger partial charge in [-0.2, -0.15) is 0 Å². The number of rotatable bonds is 49. The zero-order valence-electron chi connectivity index (χ0n) is 43.9. The second kappa shape index (κ2) is 46.7. The van der Waals surface area contributed by atoms with E-state index in [4.69, 9.17) is 13.8 Å². The monoisotopic (exact) mass is 949 g/mol. The van der Waals surface area contributed by atoms with Crippen molar-refractivity contribution in [3.8, 4) is 0 Å². The number of esters is 1. The standard InChI is InChI=1S/C56H105N2O7P/c1-7-10-13-16-19-22-25-27-29-30-33-36-39-42-45-48-55(59)57-53(52-64-66(61,62)63-51-50-58(4,5)6)54(47-44-41-38-35-32-24-21-18-15-12-9-3)65-56(60)49-46-43-40-37-34-31-28-26-23-20-17-14-11-8-2/h10,13,16,19,22,25,44,47,53-54H,7-9,11-12,14-15,17-18,20-21,23-24,26-43,45-46,48-52H2,1-6H3,(H-,57,59,61,62)/b13-10+,19-16+,25-22+,47-44+. The number of amides is 1. The second-order valence-electron chi connectivity index (χ2n) is 19.8. The van der Waals surface area contributed by atoms with Gasteiger partial charge in [0.15, 0.2) is 0 Å². The van der Waals surface area contributed by atoms with Gasteiger partial charge in [0, 0.05) is 12.8 Å². The molecule has 0 bridgehead atoms. The summed E-state index contributed by atoms with van der Waals surface area (Å²) in [4.78, 5) is 39.7. The normalized spacial score (nSPS) is 14.2. The van der Waals surface area contributed by atoms with E-state index in [-0.39, 0.29) is 24.9 Å². The van der Waals surface area contributed by atoms with Crippen molar-refractivity contribution in [1.82, 2.24) is 5.32 Å². The molecule has 386 valence electrons. The summed E-state index contributed by atoms with van der Waals surface area (Å²) >= 11 is 0. The minimum Gasteiger partial charge on any atom is -0.756 e. The fourth-order valence-corrected chi connectivity index (χ4v) is 8.54. The molecule has 0 aliphatic heterocycles. The molecule has 0 spiro atoms. The number of carbonyl (C=O) groups excluding carboxylic acids is 2. The van der Waals surface area contributed by atoms with E-state index in [9.17, 15) is 19.0 Å². The largest absolute Gasteiger partial charge is 0.756 e. The number of nitrogens with zero attached hydrogens (tertiary/aromatic N) is 1. The summed E-state index contributed by atoms with van der Waals surface area (Å²) in [6, 6.07) is -0.890. The van der Waals surface area contributed by atoms with Crippen molar-refractivity contribution in [1.29, 1.82) is 0 Å². The van der Waals surface area contributed by atoms with Crippen molar-refractivity contribution in [2.45, 2.75) is 258 Å². The molecule has 0 rings (SSSR count). The summed E-state index contributed by atoms with van der Waals surface area (Å²) in [6.07, 6.45) is 55.0. The number of likely N-dealkylation sites (N-methyl/N-ethyl adjacent to an activating group) is 1. The lowest BCUT2D eigenvalue weighted by Crippen LogP contribution is -2.47. The smallest absolute Gasteiger partial charge is 0.306 e. The van der Waals surface area contributed by atoms with Gasteiger partial charge in [-0.15, -0.1) is 0 Å². The summed E-state index contributed by atoms with van der Waals surface area (Å²) in [5.74, 6) is -0.551. The Morgan fingerprint density at radius 1 is 0.545 bits per heavy atom. The van der Waals surface area contributed by atoms with Gasteiger partial charge in [-0.3, -0.25) is 14.2 Å². The summed E-state index contributed by atoms with van der Waals surface area (Å²) in [7, 11) is 1.18. The Balaban J connectivity index is 5.37. The van der Waals surface area contributed by atoms with Crippen molar-refractivity contribution in [2.75, 3.05) is 40.9 Å². The Labute approximate surface area is 408 Å². The second-order valence-corrected chi connectivity index (χ2v) is 21.2. The number of hydrogen-bond acceptors (Lipinski definition) is 7. The lowest BCUT2D eigenvalue weighted by atomic mass is 10.0. The van der Waals surface area contributed by atoms with Crippen LogP contribution in [0.3, 0.4) is 0 Å². The highest BCUT2D eigenvalue weighted by Gasteiger charge is 2.27. The van der Waals surface area contributed by atoms with Crippen LogP contribution < -0.4 is 10.2 Å². The van der Waals surface area contributed by atoms with Crippen LogP contribution in [0, 0.1) is 0 Å². The van der Waals surface area contributed by atoms with Gasteiger partial charge in [0.25, 0.3) is 7.82 Å². The molecular weight excluding hydrogens is 844 g/mol. The first-order valence-corrected chi connectivity index (χ1v) is 28.9. The van der Waals surface area contributed by atoms with Crippen molar-refractivity contribution in [3.05, 3.63) is 48.6 Å². The molecule has 0 saturated heterocycles. The van der Waals surface area contributed by atoms with E-state index in [0.29, 0.717) is 17.4 Å². The number of ether oxygens (including phenoxy) is 1. The third-order valence-corrected chi connectivity index (χ3v) is 13.0. The lowest BCUT2D eigenvalue weighted by Gasteiger charge is -2.30. The average molecular weight is 949 g/mol. The topological polar surface area (TPSA) is 114 Å². The Morgan fingerprint density at radius 2 is 0.970 bits per heavy atom. The highest BCUT2D eigenvalue weighted by atomic mass is 31.2. The van der Waals surface area contributed by atoms with Crippen molar-refractivity contribution in [2.24, 2.45) is 0 Å². The fraction of sp³-hybridized carbons (Fsp3) is 0.821. The molecule has 0 aromatic heterocycles. The molecule has 66 heavy (non-hydrogen) atoms. The van der Waals surface area contributed by atoms with Crippen molar-refractivity contribution < 1.29 is 37.3 Å². The SMILES string of the molecule is CC/C=C/C=C/C=C/CCCCCCCCCC(=O)NC(COP(=O)([O-])OCC[N+](C)(C)C)C(/C=C/CCCCCCCCCCC)OC(=O)CCCCCCCCCCCCCCCC. The van der Waals surface area contributed by atoms with Gasteiger partial charge in [0.2, 0.25) is 5.91 Å². The van der Waals surface area contributed by atoms with Crippen LogP contribution in [0.25, 0.3) is 0 Å². The van der Waals surface area contributed by atoms with E-state index < -0.39 is 26.6 Å².